The summed E-state index contributed by atoms with van der Waals surface area (Å²) in [5.74, 6) is 0.720. The van der Waals surface area contributed by atoms with E-state index in [-0.39, 0.29) is 30.0 Å². The van der Waals surface area contributed by atoms with Gasteiger partial charge in [-0.3, -0.25) is 9.59 Å². The fraction of sp³-hybridized carbons (Fsp3) is 0.812. The third-order valence-electron chi connectivity index (χ3n) is 4.62. The Labute approximate surface area is 163 Å². The van der Waals surface area contributed by atoms with Gasteiger partial charge in [0.1, 0.15) is 0 Å². The van der Waals surface area contributed by atoms with Crippen molar-refractivity contribution in [1.82, 2.24) is 20.8 Å². The first-order valence-corrected chi connectivity index (χ1v) is 10.6. The van der Waals surface area contributed by atoms with Gasteiger partial charge in [0.15, 0.2) is 0 Å². The Bertz CT molecular complexity index is 495. The van der Waals surface area contributed by atoms with Crippen LogP contribution in [0.5, 0.6) is 0 Å². The van der Waals surface area contributed by atoms with Gasteiger partial charge in [-0.05, 0) is 25.7 Å². The zero-order chi connectivity index (χ0) is 18.8. The number of thiol groups is 1. The van der Waals surface area contributed by atoms with Gasteiger partial charge in [-0.1, -0.05) is 30.5 Å². The van der Waals surface area contributed by atoms with E-state index < -0.39 is 0 Å². The van der Waals surface area contributed by atoms with Crippen LogP contribution in [-0.4, -0.2) is 47.5 Å². The van der Waals surface area contributed by atoms with Gasteiger partial charge in [-0.25, -0.2) is 4.79 Å². The molecule has 2 heterocycles. The Kier molecular flexibility index (Phi) is 9.41. The minimum absolute atomic E-state index is 0.0556. The highest BCUT2D eigenvalue weighted by molar-refractivity contribution is 8.00. The largest absolute Gasteiger partial charge is 0.360 e. The first kappa shape index (κ1) is 21.2. The van der Waals surface area contributed by atoms with E-state index in [1.54, 1.807) is 0 Å². The normalized spacial score (nSPS) is 23.9. The summed E-state index contributed by atoms with van der Waals surface area (Å²) in [6.07, 6.45) is 6.21. The van der Waals surface area contributed by atoms with Gasteiger partial charge >= 0.3 is 12.0 Å². The minimum atomic E-state index is -0.330. The molecule has 4 N–H and O–H groups in total. The van der Waals surface area contributed by atoms with Crippen LogP contribution in [0.25, 0.3) is 0 Å². The molecule has 2 fully saturated rings. The first-order valence-electron chi connectivity index (χ1n) is 9.14. The number of fused-ring (bicyclic) bond motifs is 1. The predicted octanol–water partition coefficient (Wildman–Crippen LogP) is 1.28. The zero-order valence-corrected chi connectivity index (χ0v) is 16.5. The van der Waals surface area contributed by atoms with Crippen LogP contribution in [0.2, 0.25) is 0 Å². The van der Waals surface area contributed by atoms with E-state index in [4.69, 9.17) is 0 Å². The number of hydrogen-bond donors (Lipinski definition) is 5. The number of nitrogens with one attached hydrogen (secondary N) is 4. The molecule has 3 amide bonds. The summed E-state index contributed by atoms with van der Waals surface area (Å²) < 4.78 is 0. The molecule has 0 aliphatic carbocycles. The van der Waals surface area contributed by atoms with Gasteiger partial charge in [-0.15, -0.1) is 0 Å². The molecular weight excluding hydrogens is 376 g/mol. The Hall–Kier alpha value is -1.13. The van der Waals surface area contributed by atoms with Gasteiger partial charge in [0.25, 0.3) is 0 Å². The van der Waals surface area contributed by atoms with E-state index in [0.29, 0.717) is 24.6 Å². The van der Waals surface area contributed by atoms with Crippen LogP contribution < -0.4 is 20.8 Å². The number of rotatable bonds is 12. The molecular formula is C16H28N4O4S2. The fourth-order valence-electron chi connectivity index (χ4n) is 3.26. The molecule has 2 rings (SSSR count). The third-order valence-corrected chi connectivity index (χ3v) is 6.22. The van der Waals surface area contributed by atoms with Crippen LogP contribution in [-0.2, 0) is 14.4 Å². The van der Waals surface area contributed by atoms with Gasteiger partial charge in [0.05, 0.1) is 12.1 Å². The van der Waals surface area contributed by atoms with Crippen molar-refractivity contribution in [2.45, 2.75) is 68.7 Å². The van der Waals surface area contributed by atoms with Gasteiger partial charge in [-0.2, -0.15) is 11.8 Å². The lowest BCUT2D eigenvalue weighted by Gasteiger charge is -2.16. The maximum absolute atomic E-state index is 11.8. The lowest BCUT2D eigenvalue weighted by molar-refractivity contribution is -0.146. The highest BCUT2D eigenvalue weighted by atomic mass is 32.2. The minimum Gasteiger partial charge on any atom is -0.360 e. The van der Waals surface area contributed by atoms with Crippen LogP contribution in [0.3, 0.4) is 0 Å². The molecule has 0 aromatic heterocycles. The Morgan fingerprint density at radius 1 is 1.15 bits per heavy atom. The van der Waals surface area contributed by atoms with Crippen molar-refractivity contribution in [1.29, 1.82) is 0 Å². The molecule has 10 heteroatoms. The van der Waals surface area contributed by atoms with Crippen LogP contribution in [0.1, 0.15) is 51.4 Å². The summed E-state index contributed by atoms with van der Waals surface area (Å²) in [7, 11) is 0. The standard InChI is InChI=1S/C16H28N4O4S2/c21-13(17-9-5-1-2-8-14(22)24-20-25)7-4-3-6-12-15-11(10-26-12)18-16(23)19-15/h11-12,15,20,25H,1-10H2,(H,17,21)(H2,18,19,23)/t11?,12-,15-/m0/s1. The number of carbonyl (C=O) groups excluding carboxylic acids is 3. The third kappa shape index (κ3) is 7.24. The van der Waals surface area contributed by atoms with Crippen molar-refractivity contribution >= 4 is 42.5 Å². The quantitative estimate of drug-likeness (QED) is 0.145. The monoisotopic (exact) mass is 404 g/mol. The molecule has 3 atom stereocenters. The fourth-order valence-corrected chi connectivity index (χ4v) is 4.91. The molecule has 2 saturated heterocycles. The van der Waals surface area contributed by atoms with Crippen molar-refractivity contribution in [3.63, 3.8) is 0 Å². The highest BCUT2D eigenvalue weighted by Crippen LogP contribution is 2.33. The SMILES string of the molecule is O=C(CCCC[C@@H]1SCC2NC(=O)N[C@@H]21)NCCCCCC(=O)ONS. The van der Waals surface area contributed by atoms with Crippen LogP contribution >= 0.6 is 24.6 Å². The number of hydrogen-bond acceptors (Lipinski definition) is 7. The predicted molar refractivity (Wildman–Crippen MR) is 104 cm³/mol. The molecule has 8 nitrogen and oxygen atoms in total. The Morgan fingerprint density at radius 2 is 1.96 bits per heavy atom. The van der Waals surface area contributed by atoms with Crippen molar-refractivity contribution in [2.24, 2.45) is 0 Å². The van der Waals surface area contributed by atoms with Crippen LogP contribution in [0.4, 0.5) is 4.79 Å². The van der Waals surface area contributed by atoms with Gasteiger partial charge in [0.2, 0.25) is 5.91 Å². The van der Waals surface area contributed by atoms with E-state index in [9.17, 15) is 14.4 Å². The molecule has 0 radical (unpaired) electrons. The van der Waals surface area contributed by atoms with E-state index in [2.05, 4.69) is 38.5 Å². The molecule has 0 saturated carbocycles. The smallest absolute Gasteiger partial charge is 0.325 e. The van der Waals surface area contributed by atoms with E-state index in [1.807, 2.05) is 11.8 Å². The summed E-state index contributed by atoms with van der Waals surface area (Å²) in [5, 5.41) is 9.29. The molecule has 0 aromatic carbocycles. The molecule has 2 aliphatic rings. The molecule has 0 aromatic rings. The summed E-state index contributed by atoms with van der Waals surface area (Å²) >= 11 is 5.48. The number of urea groups is 1. The summed E-state index contributed by atoms with van der Waals surface area (Å²) in [5.41, 5.74) is 0. The molecule has 2 aliphatic heterocycles. The Morgan fingerprint density at radius 3 is 2.77 bits per heavy atom. The van der Waals surface area contributed by atoms with E-state index >= 15 is 0 Å². The number of thioether (sulfide) groups is 1. The average Bonchev–Trinajstić information content (AvgIpc) is 3.14. The molecule has 0 bridgehead atoms. The second-order valence-corrected chi connectivity index (χ2v) is 8.05. The van der Waals surface area contributed by atoms with Crippen LogP contribution in [0.15, 0.2) is 0 Å². The first-order chi connectivity index (χ1) is 12.6. The van der Waals surface area contributed by atoms with Crippen molar-refractivity contribution < 1.29 is 19.2 Å². The lowest BCUT2D eigenvalue weighted by atomic mass is 10.0. The number of amides is 3. The van der Waals surface area contributed by atoms with Crippen molar-refractivity contribution in [3.05, 3.63) is 0 Å². The van der Waals surface area contributed by atoms with Gasteiger partial charge < -0.3 is 20.8 Å². The molecule has 26 heavy (non-hydrogen) atoms. The second-order valence-electron chi connectivity index (χ2n) is 6.59. The van der Waals surface area contributed by atoms with Gasteiger partial charge in [0, 0.05) is 30.4 Å². The molecule has 0 spiro atoms. The maximum Gasteiger partial charge on any atom is 0.325 e. The lowest BCUT2D eigenvalue weighted by Crippen LogP contribution is -2.36. The average molecular weight is 405 g/mol. The molecule has 1 unspecified atom stereocenters. The summed E-state index contributed by atoms with van der Waals surface area (Å²) in [4.78, 5) is 40.8. The summed E-state index contributed by atoms with van der Waals surface area (Å²) in [6.45, 7) is 0.638. The summed E-state index contributed by atoms with van der Waals surface area (Å²) in [6, 6.07) is 0.443. The van der Waals surface area contributed by atoms with Crippen molar-refractivity contribution in [2.75, 3.05) is 12.3 Å². The maximum atomic E-state index is 11.8. The Balaban J connectivity index is 1.42. The zero-order valence-electron chi connectivity index (χ0n) is 14.8. The number of carbonyl (C=O) groups is 3. The highest BCUT2D eigenvalue weighted by Gasteiger charge is 2.42. The molecule has 148 valence electrons. The van der Waals surface area contributed by atoms with E-state index in [1.165, 1.54) is 0 Å². The van der Waals surface area contributed by atoms with Crippen LogP contribution in [0, 0.1) is 0 Å². The topological polar surface area (TPSA) is 109 Å². The second kappa shape index (κ2) is 11.6. The van der Waals surface area contributed by atoms with E-state index in [0.717, 1.165) is 44.3 Å². The number of unbranched alkanes of at least 4 members (excludes halogenated alkanes) is 3. The van der Waals surface area contributed by atoms with Crippen molar-refractivity contribution in [3.8, 4) is 0 Å².